The molecule has 5 heteroatoms. The quantitative estimate of drug-likeness (QED) is 0.772. The van der Waals surface area contributed by atoms with E-state index in [1.165, 1.54) is 0 Å². The van der Waals surface area contributed by atoms with Gasteiger partial charge in [0.05, 0.1) is 12.1 Å². The molecule has 4 nitrogen and oxygen atoms in total. The molecule has 0 saturated carbocycles. The summed E-state index contributed by atoms with van der Waals surface area (Å²) in [7, 11) is 0. The molecule has 3 rings (SSSR count). The average molecular weight is 358 g/mol. The number of anilines is 1. The maximum absolute atomic E-state index is 12.2. The van der Waals surface area contributed by atoms with Gasteiger partial charge < -0.3 is 9.72 Å². The van der Waals surface area contributed by atoms with E-state index in [2.05, 4.69) is 26.2 Å². The minimum absolute atomic E-state index is 0.0634. The number of aromatic nitrogens is 2. The Hall–Kier alpha value is -2.14. The van der Waals surface area contributed by atoms with Crippen molar-refractivity contribution in [1.29, 1.82) is 0 Å². The maximum Gasteiger partial charge on any atom is 0.230 e. The Morgan fingerprint density at radius 2 is 2.09 bits per heavy atom. The number of nitrogens with one attached hydrogen (secondary N) is 1. The SMILES string of the molecule is Cc1cc(Br)ccc1NC(=O)Cc1cn2cccc(C)c2n1. The van der Waals surface area contributed by atoms with Crippen molar-refractivity contribution < 1.29 is 4.79 Å². The average Bonchev–Trinajstić information content (AvgIpc) is 2.86. The van der Waals surface area contributed by atoms with Gasteiger partial charge in [0.2, 0.25) is 5.91 Å². The van der Waals surface area contributed by atoms with Gasteiger partial charge in [-0.05, 0) is 49.2 Å². The van der Waals surface area contributed by atoms with Crippen molar-refractivity contribution in [2.75, 3.05) is 5.32 Å². The monoisotopic (exact) mass is 357 g/mol. The highest BCUT2D eigenvalue weighted by Crippen LogP contribution is 2.20. The third kappa shape index (κ3) is 3.04. The zero-order valence-corrected chi connectivity index (χ0v) is 14.0. The Kier molecular flexibility index (Phi) is 3.98. The van der Waals surface area contributed by atoms with E-state index in [9.17, 15) is 4.79 Å². The van der Waals surface area contributed by atoms with Gasteiger partial charge in [0.1, 0.15) is 5.65 Å². The summed E-state index contributed by atoms with van der Waals surface area (Å²) < 4.78 is 2.95. The Balaban J connectivity index is 1.77. The molecule has 0 radical (unpaired) electrons. The second kappa shape index (κ2) is 5.93. The Labute approximate surface area is 137 Å². The fourth-order valence-electron chi connectivity index (χ4n) is 2.42. The molecule has 1 N–H and O–H groups in total. The van der Waals surface area contributed by atoms with Crippen LogP contribution in [0.3, 0.4) is 0 Å². The molecule has 0 aliphatic carbocycles. The zero-order valence-electron chi connectivity index (χ0n) is 12.4. The molecule has 0 atom stereocenters. The van der Waals surface area contributed by atoms with Crippen LogP contribution in [0, 0.1) is 13.8 Å². The first-order valence-corrected chi connectivity index (χ1v) is 7.81. The van der Waals surface area contributed by atoms with Gasteiger partial charge in [0.25, 0.3) is 0 Å². The molecule has 112 valence electrons. The topological polar surface area (TPSA) is 46.4 Å². The molecule has 0 unspecified atom stereocenters. The number of carbonyl (C=O) groups is 1. The predicted octanol–water partition coefficient (Wildman–Crippen LogP) is 3.89. The minimum Gasteiger partial charge on any atom is -0.326 e. The molecule has 2 heterocycles. The van der Waals surface area contributed by atoms with E-state index < -0.39 is 0 Å². The standard InChI is InChI=1S/C17H16BrN3O/c1-11-4-3-7-21-10-14(19-17(11)21)9-16(22)20-15-6-5-13(18)8-12(15)2/h3-8,10H,9H2,1-2H3,(H,20,22). The second-order valence-corrected chi connectivity index (χ2v) is 6.25. The van der Waals surface area contributed by atoms with Crippen molar-refractivity contribution in [3.8, 4) is 0 Å². The highest BCUT2D eigenvalue weighted by Gasteiger charge is 2.10. The molecule has 2 aromatic heterocycles. The van der Waals surface area contributed by atoms with Crippen LogP contribution in [-0.2, 0) is 11.2 Å². The van der Waals surface area contributed by atoms with Gasteiger partial charge in [-0.25, -0.2) is 4.98 Å². The Morgan fingerprint density at radius 3 is 2.82 bits per heavy atom. The van der Waals surface area contributed by atoms with Crippen LogP contribution in [0.15, 0.2) is 47.2 Å². The molecule has 3 aromatic rings. The number of carbonyl (C=O) groups excluding carboxylic acids is 1. The first-order valence-electron chi connectivity index (χ1n) is 7.02. The van der Waals surface area contributed by atoms with Gasteiger partial charge in [0.15, 0.2) is 0 Å². The van der Waals surface area contributed by atoms with Crippen molar-refractivity contribution in [3.05, 3.63) is 64.0 Å². The number of rotatable bonds is 3. The molecule has 1 amide bonds. The smallest absolute Gasteiger partial charge is 0.230 e. The van der Waals surface area contributed by atoms with E-state index in [1.807, 2.05) is 61.0 Å². The number of aryl methyl sites for hydroxylation is 2. The Morgan fingerprint density at radius 1 is 1.27 bits per heavy atom. The van der Waals surface area contributed by atoms with Crippen LogP contribution in [0.4, 0.5) is 5.69 Å². The van der Waals surface area contributed by atoms with Crippen molar-refractivity contribution in [1.82, 2.24) is 9.38 Å². The summed E-state index contributed by atoms with van der Waals surface area (Å²) in [5.74, 6) is -0.0634. The summed E-state index contributed by atoms with van der Waals surface area (Å²) >= 11 is 3.42. The van der Waals surface area contributed by atoms with Crippen molar-refractivity contribution in [3.63, 3.8) is 0 Å². The van der Waals surface area contributed by atoms with Crippen LogP contribution in [0.2, 0.25) is 0 Å². The maximum atomic E-state index is 12.2. The molecular weight excluding hydrogens is 342 g/mol. The van der Waals surface area contributed by atoms with Crippen LogP contribution in [0.1, 0.15) is 16.8 Å². The summed E-state index contributed by atoms with van der Waals surface area (Å²) in [4.78, 5) is 16.7. The summed E-state index contributed by atoms with van der Waals surface area (Å²) in [6.45, 7) is 3.98. The lowest BCUT2D eigenvalue weighted by molar-refractivity contribution is -0.115. The van der Waals surface area contributed by atoms with Gasteiger partial charge in [-0.3, -0.25) is 4.79 Å². The number of benzene rings is 1. The largest absolute Gasteiger partial charge is 0.326 e. The number of halogens is 1. The second-order valence-electron chi connectivity index (χ2n) is 5.34. The fraction of sp³-hybridized carbons (Fsp3) is 0.176. The van der Waals surface area contributed by atoms with E-state index in [0.29, 0.717) is 0 Å². The van der Waals surface area contributed by atoms with Gasteiger partial charge in [-0.2, -0.15) is 0 Å². The van der Waals surface area contributed by atoms with Crippen LogP contribution >= 0.6 is 15.9 Å². The number of imidazole rings is 1. The van der Waals surface area contributed by atoms with E-state index in [4.69, 9.17) is 0 Å². The van der Waals surface area contributed by atoms with Gasteiger partial charge >= 0.3 is 0 Å². The fourth-order valence-corrected chi connectivity index (χ4v) is 2.89. The summed E-state index contributed by atoms with van der Waals surface area (Å²) in [5, 5.41) is 2.94. The highest BCUT2D eigenvalue weighted by atomic mass is 79.9. The van der Waals surface area contributed by atoms with Crippen LogP contribution in [0.25, 0.3) is 5.65 Å². The molecule has 0 saturated heterocycles. The van der Waals surface area contributed by atoms with Crippen molar-refractivity contribution >= 4 is 33.2 Å². The summed E-state index contributed by atoms with van der Waals surface area (Å²) in [6, 6.07) is 9.77. The minimum atomic E-state index is -0.0634. The molecule has 22 heavy (non-hydrogen) atoms. The van der Waals surface area contributed by atoms with Crippen molar-refractivity contribution in [2.24, 2.45) is 0 Å². The third-order valence-electron chi connectivity index (χ3n) is 3.53. The lowest BCUT2D eigenvalue weighted by Gasteiger charge is -2.07. The number of pyridine rings is 1. The normalized spacial score (nSPS) is 10.9. The van der Waals surface area contributed by atoms with Crippen LogP contribution < -0.4 is 5.32 Å². The molecule has 0 aliphatic rings. The van der Waals surface area contributed by atoms with Crippen LogP contribution in [0.5, 0.6) is 0 Å². The first-order chi connectivity index (χ1) is 10.5. The van der Waals surface area contributed by atoms with Gasteiger partial charge in [-0.15, -0.1) is 0 Å². The molecule has 0 spiro atoms. The first kappa shape index (κ1) is 14.8. The summed E-state index contributed by atoms with van der Waals surface area (Å²) in [6.07, 6.45) is 4.10. The molecule has 0 fully saturated rings. The van der Waals surface area contributed by atoms with E-state index in [-0.39, 0.29) is 12.3 Å². The van der Waals surface area contributed by atoms with E-state index in [1.54, 1.807) is 0 Å². The van der Waals surface area contributed by atoms with Crippen LogP contribution in [-0.4, -0.2) is 15.3 Å². The van der Waals surface area contributed by atoms with E-state index in [0.717, 1.165) is 32.6 Å². The molecule has 0 bridgehead atoms. The lowest BCUT2D eigenvalue weighted by Crippen LogP contribution is -2.15. The summed E-state index contributed by atoms with van der Waals surface area (Å²) in [5.41, 5.74) is 4.60. The number of hydrogen-bond acceptors (Lipinski definition) is 2. The van der Waals surface area contributed by atoms with Gasteiger partial charge in [0, 0.05) is 22.6 Å². The number of nitrogens with zero attached hydrogens (tertiary/aromatic N) is 2. The number of hydrogen-bond donors (Lipinski definition) is 1. The molecular formula is C17H16BrN3O. The van der Waals surface area contributed by atoms with Crippen molar-refractivity contribution in [2.45, 2.75) is 20.3 Å². The van der Waals surface area contributed by atoms with Gasteiger partial charge in [-0.1, -0.05) is 22.0 Å². The van der Waals surface area contributed by atoms with E-state index >= 15 is 0 Å². The molecule has 0 aliphatic heterocycles. The highest BCUT2D eigenvalue weighted by molar-refractivity contribution is 9.10. The Bertz CT molecular complexity index is 854. The zero-order chi connectivity index (χ0) is 15.7. The third-order valence-corrected chi connectivity index (χ3v) is 4.03. The lowest BCUT2D eigenvalue weighted by atomic mass is 10.2. The predicted molar refractivity (Wildman–Crippen MR) is 91.1 cm³/mol. The number of amides is 1. The molecule has 1 aromatic carbocycles. The number of fused-ring (bicyclic) bond motifs is 1.